The average molecular weight is 447 g/mol. The molecule has 0 atom stereocenters. The van der Waals surface area contributed by atoms with Crippen molar-refractivity contribution in [2.75, 3.05) is 19.5 Å². The zero-order chi connectivity index (χ0) is 23.6. The van der Waals surface area contributed by atoms with Crippen LogP contribution in [0.1, 0.15) is 15.9 Å². The number of esters is 1. The molecule has 9 heteroatoms. The molecule has 0 aliphatic heterocycles. The highest BCUT2D eigenvalue weighted by Gasteiger charge is 2.14. The number of hydrogen-bond acceptors (Lipinski definition) is 7. The number of methoxy groups -OCH3 is 2. The minimum atomic E-state index is -0.950. The van der Waals surface area contributed by atoms with Crippen molar-refractivity contribution in [3.8, 4) is 17.2 Å². The van der Waals surface area contributed by atoms with Crippen molar-refractivity contribution in [1.82, 2.24) is 5.43 Å². The van der Waals surface area contributed by atoms with Crippen LogP contribution in [0.15, 0.2) is 77.9 Å². The predicted molar refractivity (Wildman–Crippen MR) is 122 cm³/mol. The summed E-state index contributed by atoms with van der Waals surface area (Å²) in [6.07, 6.45) is 1.32. The first kappa shape index (κ1) is 23.0. The van der Waals surface area contributed by atoms with Gasteiger partial charge in [-0.25, -0.2) is 10.2 Å². The molecule has 2 N–H and O–H groups in total. The van der Waals surface area contributed by atoms with Crippen molar-refractivity contribution in [2.45, 2.75) is 0 Å². The van der Waals surface area contributed by atoms with Crippen LogP contribution >= 0.6 is 0 Å². The molecule has 168 valence electrons. The SMILES string of the molecule is COc1cccc(NC(=O)C(=O)N/N=C/c2ccc(OC(=O)c3ccccc3)c(OC)c2)c1. The summed E-state index contributed by atoms with van der Waals surface area (Å²) in [6.45, 7) is 0. The molecule has 33 heavy (non-hydrogen) atoms. The number of nitrogens with zero attached hydrogens (tertiary/aromatic N) is 1. The number of nitrogens with one attached hydrogen (secondary N) is 2. The molecule has 0 saturated heterocycles. The van der Waals surface area contributed by atoms with Crippen LogP contribution in [0.5, 0.6) is 17.2 Å². The Morgan fingerprint density at radius 3 is 2.33 bits per heavy atom. The van der Waals surface area contributed by atoms with Gasteiger partial charge >= 0.3 is 17.8 Å². The Bertz CT molecular complexity index is 1180. The molecule has 0 aromatic heterocycles. The van der Waals surface area contributed by atoms with Gasteiger partial charge in [0.25, 0.3) is 0 Å². The topological polar surface area (TPSA) is 115 Å². The van der Waals surface area contributed by atoms with Crippen LogP contribution in [0, 0.1) is 0 Å². The van der Waals surface area contributed by atoms with Crippen molar-refractivity contribution < 1.29 is 28.6 Å². The fourth-order valence-corrected chi connectivity index (χ4v) is 2.69. The Balaban J connectivity index is 1.59. The lowest BCUT2D eigenvalue weighted by Crippen LogP contribution is -2.32. The number of benzene rings is 3. The quantitative estimate of drug-likeness (QED) is 0.189. The molecular formula is C24H21N3O6. The van der Waals surface area contributed by atoms with Gasteiger partial charge in [-0.15, -0.1) is 0 Å². The Kier molecular flexibility index (Phi) is 7.74. The van der Waals surface area contributed by atoms with Crippen LogP contribution in [0.3, 0.4) is 0 Å². The normalized spacial score (nSPS) is 10.4. The molecule has 0 heterocycles. The van der Waals surface area contributed by atoms with Gasteiger partial charge in [0, 0.05) is 11.8 Å². The van der Waals surface area contributed by atoms with Gasteiger partial charge in [0.2, 0.25) is 0 Å². The number of carbonyl (C=O) groups is 3. The number of rotatable bonds is 7. The number of ether oxygens (including phenoxy) is 3. The molecule has 0 aliphatic rings. The van der Waals surface area contributed by atoms with Crippen LogP contribution < -0.4 is 25.0 Å². The van der Waals surface area contributed by atoms with E-state index in [4.69, 9.17) is 14.2 Å². The minimum Gasteiger partial charge on any atom is -0.497 e. The van der Waals surface area contributed by atoms with E-state index >= 15 is 0 Å². The summed E-state index contributed by atoms with van der Waals surface area (Å²) in [5.74, 6) is -1.30. The van der Waals surface area contributed by atoms with Gasteiger partial charge in [0.1, 0.15) is 5.75 Å². The Morgan fingerprint density at radius 1 is 0.818 bits per heavy atom. The fraction of sp³-hybridized carbons (Fsp3) is 0.0833. The monoisotopic (exact) mass is 447 g/mol. The second-order valence-corrected chi connectivity index (χ2v) is 6.55. The van der Waals surface area contributed by atoms with E-state index in [0.29, 0.717) is 28.3 Å². The fourth-order valence-electron chi connectivity index (χ4n) is 2.69. The molecule has 3 aromatic carbocycles. The third-order valence-corrected chi connectivity index (χ3v) is 4.31. The third kappa shape index (κ3) is 6.41. The van der Waals surface area contributed by atoms with Crippen molar-refractivity contribution in [3.05, 3.63) is 83.9 Å². The third-order valence-electron chi connectivity index (χ3n) is 4.31. The largest absolute Gasteiger partial charge is 0.497 e. The molecule has 0 aliphatic carbocycles. The second-order valence-electron chi connectivity index (χ2n) is 6.55. The van der Waals surface area contributed by atoms with Crippen LogP contribution in [0.25, 0.3) is 0 Å². The van der Waals surface area contributed by atoms with E-state index < -0.39 is 17.8 Å². The van der Waals surface area contributed by atoms with Gasteiger partial charge in [-0.05, 0) is 48.0 Å². The minimum absolute atomic E-state index is 0.227. The molecule has 3 aromatic rings. The van der Waals surface area contributed by atoms with Crippen molar-refractivity contribution >= 4 is 29.7 Å². The maximum Gasteiger partial charge on any atom is 0.343 e. The number of hydrazone groups is 1. The first-order chi connectivity index (χ1) is 16.0. The van der Waals surface area contributed by atoms with Crippen molar-refractivity contribution in [3.63, 3.8) is 0 Å². The van der Waals surface area contributed by atoms with E-state index in [-0.39, 0.29) is 5.75 Å². The molecule has 3 rings (SSSR count). The van der Waals surface area contributed by atoms with E-state index in [2.05, 4.69) is 15.8 Å². The highest BCUT2D eigenvalue weighted by molar-refractivity contribution is 6.39. The molecule has 9 nitrogen and oxygen atoms in total. The summed E-state index contributed by atoms with van der Waals surface area (Å²) >= 11 is 0. The highest BCUT2D eigenvalue weighted by Crippen LogP contribution is 2.28. The number of amides is 2. The lowest BCUT2D eigenvalue weighted by Gasteiger charge is -2.10. The van der Waals surface area contributed by atoms with Crippen LogP contribution in [-0.4, -0.2) is 38.2 Å². The van der Waals surface area contributed by atoms with Gasteiger partial charge in [-0.1, -0.05) is 24.3 Å². The predicted octanol–water partition coefficient (Wildman–Crippen LogP) is 3.01. The maximum atomic E-state index is 12.2. The first-order valence-electron chi connectivity index (χ1n) is 9.74. The van der Waals surface area contributed by atoms with Gasteiger partial charge in [0.05, 0.1) is 26.0 Å². The molecule has 2 amide bonds. The average Bonchev–Trinajstić information content (AvgIpc) is 2.85. The summed E-state index contributed by atoms with van der Waals surface area (Å²) in [7, 11) is 2.93. The van der Waals surface area contributed by atoms with Gasteiger partial charge in [-0.2, -0.15) is 5.10 Å². The lowest BCUT2D eigenvalue weighted by atomic mass is 10.2. The zero-order valence-electron chi connectivity index (χ0n) is 17.9. The molecule has 0 unspecified atom stereocenters. The molecule has 0 spiro atoms. The van der Waals surface area contributed by atoms with E-state index in [0.717, 1.165) is 0 Å². The Morgan fingerprint density at radius 2 is 1.61 bits per heavy atom. The van der Waals surface area contributed by atoms with Gasteiger partial charge in [0.15, 0.2) is 11.5 Å². The first-order valence-corrected chi connectivity index (χ1v) is 9.74. The number of carbonyl (C=O) groups excluding carboxylic acids is 3. The summed E-state index contributed by atoms with van der Waals surface area (Å²) in [6, 6.07) is 19.9. The molecule has 0 saturated carbocycles. The molecule has 0 bridgehead atoms. The number of anilines is 1. The summed E-state index contributed by atoms with van der Waals surface area (Å²) in [5.41, 5.74) is 3.50. The van der Waals surface area contributed by atoms with E-state index in [1.807, 2.05) is 0 Å². The summed E-state index contributed by atoms with van der Waals surface area (Å²) in [5, 5.41) is 6.23. The van der Waals surface area contributed by atoms with Crippen LogP contribution in [0.2, 0.25) is 0 Å². The molecular weight excluding hydrogens is 426 g/mol. The zero-order valence-corrected chi connectivity index (χ0v) is 17.9. The Hall–Kier alpha value is -4.66. The standard InChI is InChI=1S/C24H21N3O6/c1-31-19-10-6-9-18(14-19)26-22(28)23(29)27-25-15-16-11-12-20(21(13-16)32-2)33-24(30)17-7-4-3-5-8-17/h3-15H,1-2H3,(H,26,28)(H,27,29)/b25-15+. The van der Waals surface area contributed by atoms with Crippen molar-refractivity contribution in [1.29, 1.82) is 0 Å². The van der Waals surface area contributed by atoms with Gasteiger partial charge < -0.3 is 19.5 Å². The lowest BCUT2D eigenvalue weighted by molar-refractivity contribution is -0.136. The molecule has 0 radical (unpaired) electrons. The maximum absolute atomic E-state index is 12.2. The Labute approximate surface area is 190 Å². The smallest absolute Gasteiger partial charge is 0.343 e. The van der Waals surface area contributed by atoms with E-state index in [1.54, 1.807) is 72.8 Å². The highest BCUT2D eigenvalue weighted by atomic mass is 16.6. The van der Waals surface area contributed by atoms with Crippen molar-refractivity contribution in [2.24, 2.45) is 5.10 Å². The molecule has 0 fully saturated rings. The summed E-state index contributed by atoms with van der Waals surface area (Å²) in [4.78, 5) is 36.2. The van der Waals surface area contributed by atoms with Gasteiger partial charge in [-0.3, -0.25) is 9.59 Å². The second kappa shape index (κ2) is 11.1. The van der Waals surface area contributed by atoms with E-state index in [9.17, 15) is 14.4 Å². The summed E-state index contributed by atoms with van der Waals surface area (Å²) < 4.78 is 15.7. The van der Waals surface area contributed by atoms with Crippen LogP contribution in [0.4, 0.5) is 5.69 Å². The van der Waals surface area contributed by atoms with E-state index in [1.165, 1.54) is 20.4 Å². The number of hydrogen-bond donors (Lipinski definition) is 2. The van der Waals surface area contributed by atoms with Crippen LogP contribution in [-0.2, 0) is 9.59 Å².